The third-order valence-electron chi connectivity index (χ3n) is 4.64. The molecule has 1 atom stereocenters. The zero-order valence-corrected chi connectivity index (χ0v) is 15.9. The molecule has 27 heavy (non-hydrogen) atoms. The molecule has 1 N–H and O–H groups in total. The molecule has 0 radical (unpaired) electrons. The lowest BCUT2D eigenvalue weighted by Crippen LogP contribution is -2.54. The Morgan fingerprint density at radius 3 is 2.22 bits per heavy atom. The first kappa shape index (κ1) is 21.9. The SMILES string of the molecule is C=C(C(C)C)N1C[C@H](CC)Sc2cc(C(O)(C(F)(F)F)C(F)(F)F)ccc21. The highest BCUT2D eigenvalue weighted by molar-refractivity contribution is 8.00. The number of thioether (sulfide) groups is 1. The van der Waals surface area contributed by atoms with E-state index in [-0.39, 0.29) is 16.1 Å². The normalized spacial score (nSPS) is 18.6. The van der Waals surface area contributed by atoms with Gasteiger partial charge in [-0.1, -0.05) is 33.4 Å². The molecule has 2 rings (SSSR count). The van der Waals surface area contributed by atoms with Gasteiger partial charge in [0.1, 0.15) is 0 Å². The number of halogens is 6. The number of fused-ring (bicyclic) bond motifs is 1. The third kappa shape index (κ3) is 3.81. The van der Waals surface area contributed by atoms with Crippen molar-refractivity contribution in [2.24, 2.45) is 5.92 Å². The molecule has 0 unspecified atom stereocenters. The van der Waals surface area contributed by atoms with Crippen molar-refractivity contribution in [3.8, 4) is 0 Å². The molecule has 0 aliphatic carbocycles. The van der Waals surface area contributed by atoms with Crippen molar-refractivity contribution >= 4 is 17.4 Å². The minimum Gasteiger partial charge on any atom is -0.369 e. The summed E-state index contributed by atoms with van der Waals surface area (Å²) in [4.78, 5) is 2.09. The minimum absolute atomic E-state index is 0.0203. The van der Waals surface area contributed by atoms with Gasteiger partial charge in [0.2, 0.25) is 0 Å². The molecule has 2 nitrogen and oxygen atoms in total. The van der Waals surface area contributed by atoms with Crippen molar-refractivity contribution in [3.05, 3.63) is 36.0 Å². The molecule has 0 amide bonds. The first-order chi connectivity index (χ1) is 12.2. The van der Waals surface area contributed by atoms with Gasteiger partial charge in [0.15, 0.2) is 0 Å². The van der Waals surface area contributed by atoms with Crippen molar-refractivity contribution < 1.29 is 31.4 Å². The predicted octanol–water partition coefficient (Wildman–Crippen LogP) is 5.86. The van der Waals surface area contributed by atoms with Crippen LogP contribution in [-0.2, 0) is 5.60 Å². The summed E-state index contributed by atoms with van der Waals surface area (Å²) in [5.41, 5.74) is -4.93. The average Bonchev–Trinajstić information content (AvgIpc) is 2.56. The Morgan fingerprint density at radius 2 is 1.78 bits per heavy atom. The topological polar surface area (TPSA) is 23.5 Å². The maximum atomic E-state index is 13.2. The molecular formula is C18H21F6NOS. The fourth-order valence-corrected chi connectivity index (χ4v) is 4.10. The fraction of sp³-hybridized carbons (Fsp3) is 0.556. The molecule has 1 aromatic carbocycles. The summed E-state index contributed by atoms with van der Waals surface area (Å²) in [7, 11) is 0. The second kappa shape index (κ2) is 7.24. The Kier molecular flexibility index (Phi) is 5.88. The Bertz CT molecular complexity index is 699. The Labute approximate surface area is 158 Å². The summed E-state index contributed by atoms with van der Waals surface area (Å²) in [6.07, 6.45) is -11.1. The molecule has 0 saturated carbocycles. The van der Waals surface area contributed by atoms with Crippen LogP contribution in [0, 0.1) is 5.92 Å². The van der Waals surface area contributed by atoms with Crippen LogP contribution in [0.25, 0.3) is 0 Å². The monoisotopic (exact) mass is 413 g/mol. The van der Waals surface area contributed by atoms with Crippen LogP contribution in [0.5, 0.6) is 0 Å². The molecule has 0 saturated heterocycles. The van der Waals surface area contributed by atoms with E-state index < -0.39 is 23.5 Å². The van der Waals surface area contributed by atoms with E-state index in [4.69, 9.17) is 0 Å². The van der Waals surface area contributed by atoms with Gasteiger partial charge in [-0.3, -0.25) is 0 Å². The second-order valence-electron chi connectivity index (χ2n) is 6.79. The van der Waals surface area contributed by atoms with Crippen molar-refractivity contribution in [3.63, 3.8) is 0 Å². The van der Waals surface area contributed by atoms with Crippen LogP contribution in [0.1, 0.15) is 32.8 Å². The predicted molar refractivity (Wildman–Crippen MR) is 93.7 cm³/mol. The number of anilines is 1. The van der Waals surface area contributed by atoms with Crippen LogP contribution < -0.4 is 4.90 Å². The van der Waals surface area contributed by atoms with E-state index in [1.54, 1.807) is 0 Å². The van der Waals surface area contributed by atoms with E-state index in [0.29, 0.717) is 24.7 Å². The van der Waals surface area contributed by atoms with Gasteiger partial charge < -0.3 is 10.0 Å². The van der Waals surface area contributed by atoms with Gasteiger partial charge in [-0.25, -0.2) is 0 Å². The first-order valence-corrected chi connectivity index (χ1v) is 9.25. The highest BCUT2D eigenvalue weighted by atomic mass is 32.2. The van der Waals surface area contributed by atoms with Gasteiger partial charge in [-0.05, 0) is 24.5 Å². The standard InChI is InChI=1S/C18H21F6NOS/c1-5-13-9-25(11(4)10(2)3)14-7-6-12(8-15(14)27-13)16(26,17(19,20)21)18(22,23)24/h6-8,10,13,26H,4-5,9H2,1-3H3/t13-/m0/s1. The van der Waals surface area contributed by atoms with Gasteiger partial charge >= 0.3 is 12.4 Å². The summed E-state index contributed by atoms with van der Waals surface area (Å²) >= 11 is 1.21. The van der Waals surface area contributed by atoms with Crippen molar-refractivity contribution in [1.82, 2.24) is 0 Å². The zero-order valence-electron chi connectivity index (χ0n) is 15.1. The van der Waals surface area contributed by atoms with E-state index in [1.165, 1.54) is 17.8 Å². The Hall–Kier alpha value is -1.35. The number of rotatable bonds is 4. The quantitative estimate of drug-likeness (QED) is 0.626. The highest BCUT2D eigenvalue weighted by Crippen LogP contribution is 2.52. The lowest BCUT2D eigenvalue weighted by molar-refractivity contribution is -0.376. The van der Waals surface area contributed by atoms with Gasteiger partial charge in [-0.15, -0.1) is 11.8 Å². The molecule has 0 fully saturated rings. The van der Waals surface area contributed by atoms with Crippen molar-refractivity contribution in [1.29, 1.82) is 0 Å². The van der Waals surface area contributed by atoms with Crippen LogP contribution in [0.2, 0.25) is 0 Å². The van der Waals surface area contributed by atoms with E-state index in [0.717, 1.165) is 11.8 Å². The maximum Gasteiger partial charge on any atom is 0.430 e. The molecule has 9 heteroatoms. The van der Waals surface area contributed by atoms with Gasteiger partial charge in [0.05, 0.1) is 5.69 Å². The number of alkyl halides is 6. The summed E-state index contributed by atoms with van der Waals surface area (Å²) in [6.45, 7) is 10.3. The number of nitrogens with zero attached hydrogens (tertiary/aromatic N) is 1. The molecule has 0 aromatic heterocycles. The maximum absolute atomic E-state index is 13.2. The van der Waals surface area contributed by atoms with Crippen molar-refractivity contribution in [2.45, 2.75) is 55.3 Å². The van der Waals surface area contributed by atoms with Gasteiger partial charge in [-0.2, -0.15) is 26.3 Å². The molecule has 152 valence electrons. The Morgan fingerprint density at radius 1 is 1.22 bits per heavy atom. The van der Waals surface area contributed by atoms with Crippen molar-refractivity contribution in [2.75, 3.05) is 11.4 Å². The minimum atomic E-state index is -5.90. The Balaban J connectivity index is 2.62. The third-order valence-corrected chi connectivity index (χ3v) is 6.03. The molecule has 1 aliphatic heterocycles. The largest absolute Gasteiger partial charge is 0.430 e. The van der Waals surface area contributed by atoms with E-state index in [9.17, 15) is 31.4 Å². The smallest absolute Gasteiger partial charge is 0.369 e. The number of hydrogen-bond acceptors (Lipinski definition) is 3. The zero-order chi connectivity index (χ0) is 20.8. The van der Waals surface area contributed by atoms with Crippen LogP contribution in [0.3, 0.4) is 0 Å². The van der Waals surface area contributed by atoms with Crippen LogP contribution in [0.4, 0.5) is 32.0 Å². The first-order valence-electron chi connectivity index (χ1n) is 8.37. The fourth-order valence-electron chi connectivity index (χ4n) is 2.86. The van der Waals surface area contributed by atoms with Crippen LogP contribution in [-0.4, -0.2) is 29.3 Å². The van der Waals surface area contributed by atoms with Gasteiger partial charge in [0.25, 0.3) is 5.60 Å². The summed E-state index contributed by atoms with van der Waals surface area (Å²) in [5, 5.41) is 9.63. The number of aliphatic hydroxyl groups is 1. The van der Waals surface area contributed by atoms with E-state index in [2.05, 4.69) is 6.58 Å². The summed E-state index contributed by atoms with van der Waals surface area (Å²) < 4.78 is 79.0. The van der Waals surface area contributed by atoms with Crippen LogP contribution in [0.15, 0.2) is 35.4 Å². The second-order valence-corrected chi connectivity index (χ2v) is 8.14. The number of allylic oxidation sites excluding steroid dienone is 1. The average molecular weight is 413 g/mol. The molecule has 0 bridgehead atoms. The molecule has 0 spiro atoms. The van der Waals surface area contributed by atoms with Gasteiger partial charge in [0, 0.05) is 28.0 Å². The summed E-state index contributed by atoms with van der Waals surface area (Å²) in [6, 6.07) is 2.68. The van der Waals surface area contributed by atoms with E-state index in [1.807, 2.05) is 25.7 Å². The highest BCUT2D eigenvalue weighted by Gasteiger charge is 2.71. The molecule has 1 heterocycles. The molecular weight excluding hydrogens is 392 g/mol. The van der Waals surface area contributed by atoms with Crippen LogP contribution >= 0.6 is 11.8 Å². The lowest BCUT2D eigenvalue weighted by atomic mass is 9.92. The lowest BCUT2D eigenvalue weighted by Gasteiger charge is -2.39. The molecule has 1 aliphatic rings. The molecule has 1 aromatic rings. The van der Waals surface area contributed by atoms with E-state index >= 15 is 0 Å². The summed E-state index contributed by atoms with van der Waals surface area (Å²) in [5.74, 6) is 0.0559. The number of hydrogen-bond donors (Lipinski definition) is 1. The number of benzene rings is 1.